The van der Waals surface area contributed by atoms with Gasteiger partial charge >= 0.3 is 0 Å². The van der Waals surface area contributed by atoms with E-state index in [0.29, 0.717) is 17.1 Å². The van der Waals surface area contributed by atoms with Crippen LogP contribution >= 0.6 is 0 Å². The van der Waals surface area contributed by atoms with Gasteiger partial charge in [-0.05, 0) is 19.8 Å². The average Bonchev–Trinajstić information content (AvgIpc) is 2.54. The van der Waals surface area contributed by atoms with Gasteiger partial charge in [-0.15, -0.1) is 0 Å². The smallest absolute Gasteiger partial charge is 0.254 e. The first-order chi connectivity index (χ1) is 10.5. The third-order valence-corrected chi connectivity index (χ3v) is 3.76. The van der Waals surface area contributed by atoms with Crippen molar-refractivity contribution in [1.29, 1.82) is 0 Å². The quantitative estimate of drug-likeness (QED) is 0.887. The van der Waals surface area contributed by atoms with E-state index in [2.05, 4.69) is 15.3 Å². The van der Waals surface area contributed by atoms with Gasteiger partial charge in [0.05, 0.1) is 11.3 Å². The highest BCUT2D eigenvalue weighted by atomic mass is 16.3. The van der Waals surface area contributed by atoms with Crippen LogP contribution in [0.3, 0.4) is 0 Å². The first kappa shape index (κ1) is 16.1. The average molecular weight is 299 g/mol. The van der Waals surface area contributed by atoms with Crippen LogP contribution in [0.15, 0.2) is 36.5 Å². The van der Waals surface area contributed by atoms with Crippen LogP contribution in [0.25, 0.3) is 11.4 Å². The number of amides is 1. The monoisotopic (exact) mass is 299 g/mol. The number of nitrogens with zero attached hydrogens (tertiary/aromatic N) is 2. The van der Waals surface area contributed by atoms with E-state index in [4.69, 9.17) is 5.11 Å². The van der Waals surface area contributed by atoms with E-state index in [1.165, 1.54) is 0 Å². The highest BCUT2D eigenvalue weighted by molar-refractivity contribution is 5.95. The van der Waals surface area contributed by atoms with Crippen LogP contribution in [0.4, 0.5) is 0 Å². The van der Waals surface area contributed by atoms with E-state index in [9.17, 15) is 4.79 Å². The fraction of sp³-hybridized carbons (Fsp3) is 0.353. The van der Waals surface area contributed by atoms with Gasteiger partial charge in [-0.1, -0.05) is 37.3 Å². The summed E-state index contributed by atoms with van der Waals surface area (Å²) >= 11 is 0. The molecule has 116 valence electrons. The molecule has 2 unspecified atom stereocenters. The zero-order valence-electron chi connectivity index (χ0n) is 13.1. The Morgan fingerprint density at radius 3 is 2.55 bits per heavy atom. The highest BCUT2D eigenvalue weighted by Gasteiger charge is 2.17. The lowest BCUT2D eigenvalue weighted by Gasteiger charge is -2.19. The summed E-state index contributed by atoms with van der Waals surface area (Å²) in [6.07, 6.45) is 1.55. The van der Waals surface area contributed by atoms with Crippen molar-refractivity contribution in [3.05, 3.63) is 47.8 Å². The van der Waals surface area contributed by atoms with E-state index in [1.54, 1.807) is 13.1 Å². The number of nitrogens with one attached hydrogen (secondary N) is 1. The van der Waals surface area contributed by atoms with Gasteiger partial charge in [0.15, 0.2) is 5.82 Å². The van der Waals surface area contributed by atoms with Gasteiger partial charge in [0.1, 0.15) is 0 Å². The fourth-order valence-corrected chi connectivity index (χ4v) is 2.00. The lowest BCUT2D eigenvalue weighted by Crippen LogP contribution is -2.38. The van der Waals surface area contributed by atoms with Gasteiger partial charge in [-0.25, -0.2) is 9.97 Å². The molecule has 0 saturated heterocycles. The van der Waals surface area contributed by atoms with E-state index < -0.39 is 0 Å². The van der Waals surface area contributed by atoms with Crippen molar-refractivity contribution in [3.8, 4) is 11.4 Å². The van der Waals surface area contributed by atoms with Gasteiger partial charge in [0.25, 0.3) is 5.91 Å². The molecule has 5 nitrogen and oxygen atoms in total. The maximum Gasteiger partial charge on any atom is 0.254 e. The molecule has 1 heterocycles. The molecule has 1 amide bonds. The van der Waals surface area contributed by atoms with Gasteiger partial charge in [-0.3, -0.25) is 4.79 Å². The molecule has 5 heteroatoms. The Balaban J connectivity index is 2.18. The maximum absolute atomic E-state index is 12.3. The van der Waals surface area contributed by atoms with Gasteiger partial charge in [0, 0.05) is 24.4 Å². The van der Waals surface area contributed by atoms with Gasteiger partial charge < -0.3 is 10.4 Å². The summed E-state index contributed by atoms with van der Waals surface area (Å²) in [5.74, 6) is 0.380. The molecule has 0 aliphatic carbocycles. The molecule has 2 aromatic rings. The van der Waals surface area contributed by atoms with Crippen LogP contribution in [0.2, 0.25) is 0 Å². The molecule has 0 fully saturated rings. The number of hydrogen-bond acceptors (Lipinski definition) is 4. The number of carbonyl (C=O) groups is 1. The second-order valence-corrected chi connectivity index (χ2v) is 5.48. The standard InChI is InChI=1S/C17H21N3O2/c1-11(10-21)12(2)20-17(22)15-9-18-16(19-13(15)3)14-7-5-4-6-8-14/h4-9,11-12,21H,10H2,1-3H3,(H,20,22). The fourth-order valence-electron chi connectivity index (χ4n) is 2.00. The Bertz CT molecular complexity index is 644. The number of aryl methyl sites for hydroxylation is 1. The zero-order chi connectivity index (χ0) is 16.1. The third kappa shape index (κ3) is 3.68. The molecule has 0 aliphatic heterocycles. The predicted octanol–water partition coefficient (Wildman–Crippen LogP) is 2.20. The van der Waals surface area contributed by atoms with Crippen molar-refractivity contribution in [1.82, 2.24) is 15.3 Å². The van der Waals surface area contributed by atoms with Crippen molar-refractivity contribution in [3.63, 3.8) is 0 Å². The first-order valence-corrected chi connectivity index (χ1v) is 7.33. The van der Waals surface area contributed by atoms with Crippen molar-refractivity contribution < 1.29 is 9.90 Å². The molecule has 1 aromatic carbocycles. The van der Waals surface area contributed by atoms with Gasteiger partial charge in [0.2, 0.25) is 0 Å². The second kappa shape index (κ2) is 7.13. The Morgan fingerprint density at radius 2 is 1.95 bits per heavy atom. The topological polar surface area (TPSA) is 75.1 Å². The molecule has 0 spiro atoms. The third-order valence-electron chi connectivity index (χ3n) is 3.76. The first-order valence-electron chi connectivity index (χ1n) is 7.33. The number of carbonyl (C=O) groups excluding carboxylic acids is 1. The van der Waals surface area contributed by atoms with E-state index in [1.807, 2.05) is 44.2 Å². The minimum Gasteiger partial charge on any atom is -0.396 e. The largest absolute Gasteiger partial charge is 0.396 e. The molecule has 0 aliphatic rings. The van der Waals surface area contributed by atoms with Crippen LogP contribution in [0, 0.1) is 12.8 Å². The summed E-state index contributed by atoms with van der Waals surface area (Å²) in [4.78, 5) is 21.0. The van der Waals surface area contributed by atoms with Crippen LogP contribution in [0.1, 0.15) is 29.9 Å². The summed E-state index contributed by atoms with van der Waals surface area (Å²) in [5.41, 5.74) is 2.01. The Labute approximate surface area is 130 Å². The van der Waals surface area contributed by atoms with Gasteiger partial charge in [-0.2, -0.15) is 0 Å². The molecule has 0 saturated carbocycles. The minimum absolute atomic E-state index is 0.00577. The normalized spacial score (nSPS) is 13.5. The summed E-state index contributed by atoms with van der Waals surface area (Å²) in [5, 5.41) is 12.0. The lowest BCUT2D eigenvalue weighted by molar-refractivity contribution is 0.0915. The SMILES string of the molecule is Cc1nc(-c2ccccc2)ncc1C(=O)NC(C)C(C)CO. The van der Waals surface area contributed by atoms with Crippen LogP contribution in [-0.2, 0) is 0 Å². The van der Waals surface area contributed by atoms with Crippen molar-refractivity contribution >= 4 is 5.91 Å². The van der Waals surface area contributed by atoms with Crippen LogP contribution in [0.5, 0.6) is 0 Å². The number of aliphatic hydroxyl groups excluding tert-OH is 1. The van der Waals surface area contributed by atoms with Crippen LogP contribution in [-0.4, -0.2) is 33.6 Å². The molecular formula is C17H21N3O2. The minimum atomic E-state index is -0.218. The maximum atomic E-state index is 12.3. The summed E-state index contributed by atoms with van der Waals surface area (Å²) in [6.45, 7) is 5.58. The molecule has 1 aromatic heterocycles. The second-order valence-electron chi connectivity index (χ2n) is 5.48. The van der Waals surface area contributed by atoms with Crippen molar-refractivity contribution in [2.24, 2.45) is 5.92 Å². The zero-order valence-corrected chi connectivity index (χ0v) is 13.1. The lowest BCUT2D eigenvalue weighted by atomic mass is 10.0. The van der Waals surface area contributed by atoms with Crippen molar-refractivity contribution in [2.75, 3.05) is 6.61 Å². The molecule has 2 atom stereocenters. The molecular weight excluding hydrogens is 278 g/mol. The Kier molecular flexibility index (Phi) is 5.22. The molecule has 0 bridgehead atoms. The number of hydrogen-bond donors (Lipinski definition) is 2. The van der Waals surface area contributed by atoms with Crippen molar-refractivity contribution in [2.45, 2.75) is 26.8 Å². The molecule has 0 radical (unpaired) electrons. The predicted molar refractivity (Wildman–Crippen MR) is 85.4 cm³/mol. The summed E-state index contributed by atoms with van der Waals surface area (Å²) in [7, 11) is 0. The van der Waals surface area contributed by atoms with Crippen LogP contribution < -0.4 is 5.32 Å². The summed E-state index contributed by atoms with van der Waals surface area (Å²) in [6, 6.07) is 9.52. The highest BCUT2D eigenvalue weighted by Crippen LogP contribution is 2.16. The molecule has 2 rings (SSSR count). The number of aliphatic hydroxyl groups is 1. The molecule has 2 N–H and O–H groups in total. The number of benzene rings is 1. The Morgan fingerprint density at radius 1 is 1.27 bits per heavy atom. The number of rotatable bonds is 5. The summed E-state index contributed by atoms with van der Waals surface area (Å²) < 4.78 is 0. The molecule has 22 heavy (non-hydrogen) atoms. The Hall–Kier alpha value is -2.27. The van der Waals surface area contributed by atoms with E-state index in [-0.39, 0.29) is 24.5 Å². The van der Waals surface area contributed by atoms with E-state index in [0.717, 1.165) is 5.56 Å². The van der Waals surface area contributed by atoms with E-state index >= 15 is 0 Å². The number of aromatic nitrogens is 2.